The maximum absolute atomic E-state index is 13.6. The lowest BCUT2D eigenvalue weighted by Crippen LogP contribution is -2.40. The number of carbonyl (C=O) groups is 1. The molecule has 0 saturated heterocycles. The highest BCUT2D eigenvalue weighted by atomic mass is 32.2. The number of amides is 1. The van der Waals surface area contributed by atoms with Crippen molar-refractivity contribution in [3.05, 3.63) is 54.1 Å². The molecule has 140 valence electrons. The Kier molecular flexibility index (Phi) is 4.63. The van der Waals surface area contributed by atoms with Gasteiger partial charge in [-0.3, -0.25) is 9.36 Å². The number of anilines is 1. The van der Waals surface area contributed by atoms with Crippen LogP contribution in [0, 0.1) is 0 Å². The topological polar surface area (TPSA) is 38.1 Å². The molecule has 0 aliphatic carbocycles. The molecule has 1 aromatic heterocycles. The molecular formula is C20H19F2N3OS. The molecule has 0 fully saturated rings. The zero-order chi connectivity index (χ0) is 19.1. The van der Waals surface area contributed by atoms with Gasteiger partial charge in [-0.1, -0.05) is 42.1 Å². The van der Waals surface area contributed by atoms with Crippen LogP contribution in [-0.4, -0.2) is 26.8 Å². The van der Waals surface area contributed by atoms with Crippen molar-refractivity contribution in [1.82, 2.24) is 9.55 Å². The summed E-state index contributed by atoms with van der Waals surface area (Å²) in [4.78, 5) is 19.2. The van der Waals surface area contributed by atoms with Crippen molar-refractivity contribution in [2.45, 2.75) is 43.3 Å². The van der Waals surface area contributed by atoms with E-state index in [4.69, 9.17) is 0 Å². The fourth-order valence-corrected chi connectivity index (χ4v) is 4.57. The molecule has 2 heterocycles. The van der Waals surface area contributed by atoms with Gasteiger partial charge in [-0.2, -0.15) is 8.78 Å². The van der Waals surface area contributed by atoms with E-state index in [1.807, 2.05) is 31.2 Å². The number of hydrogen-bond donors (Lipinski definition) is 0. The number of benzene rings is 2. The molecule has 1 amide bonds. The quantitative estimate of drug-likeness (QED) is 0.598. The van der Waals surface area contributed by atoms with E-state index < -0.39 is 11.8 Å². The smallest absolute Gasteiger partial charge is 0.308 e. The van der Waals surface area contributed by atoms with E-state index >= 15 is 0 Å². The first kappa shape index (κ1) is 18.0. The van der Waals surface area contributed by atoms with E-state index in [1.54, 1.807) is 36.1 Å². The molecule has 0 radical (unpaired) electrons. The van der Waals surface area contributed by atoms with Crippen LogP contribution in [0.15, 0.2) is 53.7 Å². The van der Waals surface area contributed by atoms with E-state index in [-0.39, 0.29) is 17.1 Å². The Morgan fingerprint density at radius 1 is 1.19 bits per heavy atom. The number of fused-ring (bicyclic) bond motifs is 2. The lowest BCUT2D eigenvalue weighted by Gasteiger charge is -2.25. The summed E-state index contributed by atoms with van der Waals surface area (Å²) < 4.78 is 28.1. The fourth-order valence-electron chi connectivity index (χ4n) is 3.60. The van der Waals surface area contributed by atoms with Crippen LogP contribution in [-0.2, 0) is 11.2 Å². The van der Waals surface area contributed by atoms with Crippen LogP contribution in [0.1, 0.15) is 26.0 Å². The Morgan fingerprint density at radius 2 is 1.89 bits per heavy atom. The summed E-state index contributed by atoms with van der Waals surface area (Å²) in [6.07, 6.45) is 0.800. The summed E-state index contributed by atoms with van der Waals surface area (Å²) in [6.45, 7) is 1.04. The van der Waals surface area contributed by atoms with Gasteiger partial charge in [0.2, 0.25) is 5.91 Å². The number of para-hydroxylation sites is 3. The van der Waals surface area contributed by atoms with Crippen LogP contribution in [0.25, 0.3) is 11.0 Å². The standard InChI is InChI=1S/C20H19F2N3OS/c1-12-11-14-7-3-5-9-16(14)24(12)18(26)13(2)27-20-23-15-8-4-6-10-17(15)25(20)19(21)22/h3-10,12-13,19H,11H2,1-2H3. The molecule has 7 heteroatoms. The lowest BCUT2D eigenvalue weighted by atomic mass is 10.1. The van der Waals surface area contributed by atoms with E-state index in [1.165, 1.54) is 0 Å². The van der Waals surface area contributed by atoms with Crippen LogP contribution in [0.2, 0.25) is 0 Å². The third-order valence-electron chi connectivity index (χ3n) is 4.83. The largest absolute Gasteiger partial charge is 0.321 e. The molecule has 0 spiro atoms. The molecule has 1 aliphatic heterocycles. The SMILES string of the molecule is CC(Sc1nc2ccccc2n1C(F)F)C(=O)N1c2ccccc2CC1C. The Labute approximate surface area is 160 Å². The van der Waals surface area contributed by atoms with E-state index in [0.717, 1.165) is 34.0 Å². The average molecular weight is 387 g/mol. The maximum Gasteiger partial charge on any atom is 0.321 e. The maximum atomic E-state index is 13.6. The molecule has 3 aromatic rings. The summed E-state index contributed by atoms with van der Waals surface area (Å²) >= 11 is 1.08. The first-order chi connectivity index (χ1) is 13.0. The predicted molar refractivity (Wildman–Crippen MR) is 103 cm³/mol. The first-order valence-electron chi connectivity index (χ1n) is 8.80. The average Bonchev–Trinajstić information content (AvgIpc) is 3.17. The fraction of sp³-hybridized carbons (Fsp3) is 0.300. The molecule has 4 nitrogen and oxygen atoms in total. The van der Waals surface area contributed by atoms with Crippen molar-refractivity contribution in [3.8, 4) is 0 Å². The second-order valence-corrected chi connectivity index (χ2v) is 7.99. The zero-order valence-electron chi connectivity index (χ0n) is 15.0. The van der Waals surface area contributed by atoms with Gasteiger partial charge in [0, 0.05) is 11.7 Å². The van der Waals surface area contributed by atoms with Gasteiger partial charge in [0.05, 0.1) is 16.3 Å². The van der Waals surface area contributed by atoms with Crippen LogP contribution >= 0.6 is 11.8 Å². The third-order valence-corrected chi connectivity index (χ3v) is 5.89. The zero-order valence-corrected chi connectivity index (χ0v) is 15.8. The van der Waals surface area contributed by atoms with Gasteiger partial charge in [0.15, 0.2) is 5.16 Å². The van der Waals surface area contributed by atoms with Crippen molar-refractivity contribution in [3.63, 3.8) is 0 Å². The summed E-state index contributed by atoms with van der Waals surface area (Å²) in [5.74, 6) is -0.0923. The lowest BCUT2D eigenvalue weighted by molar-refractivity contribution is -0.118. The molecule has 2 unspecified atom stereocenters. The monoisotopic (exact) mass is 387 g/mol. The van der Waals surface area contributed by atoms with Gasteiger partial charge in [-0.15, -0.1) is 0 Å². The summed E-state index contributed by atoms with van der Waals surface area (Å²) in [7, 11) is 0. The van der Waals surface area contributed by atoms with Gasteiger partial charge in [0.1, 0.15) is 0 Å². The summed E-state index contributed by atoms with van der Waals surface area (Å²) in [6, 6.07) is 14.6. The van der Waals surface area contributed by atoms with Crippen molar-refractivity contribution in [1.29, 1.82) is 0 Å². The second-order valence-electron chi connectivity index (χ2n) is 6.68. The molecule has 0 saturated carbocycles. The van der Waals surface area contributed by atoms with Crippen LogP contribution in [0.3, 0.4) is 0 Å². The molecule has 1 aliphatic rings. The first-order valence-corrected chi connectivity index (χ1v) is 9.68. The molecule has 2 atom stereocenters. The van der Waals surface area contributed by atoms with Crippen LogP contribution in [0.5, 0.6) is 0 Å². The van der Waals surface area contributed by atoms with Crippen molar-refractivity contribution in [2.24, 2.45) is 0 Å². The van der Waals surface area contributed by atoms with Gasteiger partial charge >= 0.3 is 6.55 Å². The number of aromatic nitrogens is 2. The second kappa shape index (κ2) is 6.96. The number of thioether (sulfide) groups is 1. The highest BCUT2D eigenvalue weighted by Crippen LogP contribution is 2.36. The number of rotatable bonds is 4. The molecule has 4 rings (SSSR count). The summed E-state index contributed by atoms with van der Waals surface area (Å²) in [5, 5.41) is -0.375. The minimum atomic E-state index is -2.71. The van der Waals surface area contributed by atoms with Crippen molar-refractivity contribution < 1.29 is 13.6 Å². The molecule has 0 bridgehead atoms. The Balaban J connectivity index is 1.63. The number of imidazole rings is 1. The predicted octanol–water partition coefficient (Wildman–Crippen LogP) is 4.89. The minimum absolute atomic E-state index is 0.0480. The molecular weight excluding hydrogens is 368 g/mol. The number of halogens is 2. The van der Waals surface area contributed by atoms with E-state index in [2.05, 4.69) is 4.98 Å². The van der Waals surface area contributed by atoms with Gasteiger partial charge in [-0.25, -0.2) is 4.98 Å². The Morgan fingerprint density at radius 3 is 2.67 bits per heavy atom. The van der Waals surface area contributed by atoms with E-state index in [0.29, 0.717) is 11.0 Å². The van der Waals surface area contributed by atoms with Crippen molar-refractivity contribution >= 4 is 34.4 Å². The highest BCUT2D eigenvalue weighted by Gasteiger charge is 2.34. The number of alkyl halides is 2. The number of carbonyl (C=O) groups excluding carboxylic acids is 1. The van der Waals surface area contributed by atoms with Crippen LogP contribution in [0.4, 0.5) is 14.5 Å². The normalized spacial score (nSPS) is 17.5. The van der Waals surface area contributed by atoms with E-state index in [9.17, 15) is 13.6 Å². The number of hydrogen-bond acceptors (Lipinski definition) is 3. The number of nitrogens with zero attached hydrogens (tertiary/aromatic N) is 3. The Hall–Kier alpha value is -2.41. The van der Waals surface area contributed by atoms with Crippen LogP contribution < -0.4 is 4.90 Å². The van der Waals surface area contributed by atoms with Gasteiger partial charge < -0.3 is 4.90 Å². The Bertz CT molecular complexity index is 1000. The molecule has 0 N–H and O–H groups in total. The van der Waals surface area contributed by atoms with Gasteiger partial charge in [0.25, 0.3) is 0 Å². The highest BCUT2D eigenvalue weighted by molar-refractivity contribution is 8.00. The minimum Gasteiger partial charge on any atom is -0.308 e. The van der Waals surface area contributed by atoms with Crippen molar-refractivity contribution in [2.75, 3.05) is 4.90 Å². The van der Waals surface area contributed by atoms with Gasteiger partial charge in [-0.05, 0) is 44.0 Å². The summed E-state index contributed by atoms with van der Waals surface area (Å²) in [5.41, 5.74) is 2.91. The third kappa shape index (κ3) is 3.10. The molecule has 2 aromatic carbocycles. The molecule has 27 heavy (non-hydrogen) atoms.